The molecule has 1 atom stereocenters. The maximum absolute atomic E-state index is 13.1. The first-order valence-corrected chi connectivity index (χ1v) is 12.9. The first kappa shape index (κ1) is 24.4. The van der Waals surface area contributed by atoms with Crippen LogP contribution in [-0.2, 0) is 26.0 Å². The molecule has 2 amide bonds. The van der Waals surface area contributed by atoms with E-state index in [1.54, 1.807) is 42.2 Å². The molecule has 172 valence electrons. The fourth-order valence-corrected chi connectivity index (χ4v) is 5.36. The maximum Gasteiger partial charge on any atom is 0.242 e. The summed E-state index contributed by atoms with van der Waals surface area (Å²) >= 11 is 3.39. The molecule has 0 unspecified atom stereocenters. The Labute approximate surface area is 197 Å². The Morgan fingerprint density at radius 1 is 1.16 bits per heavy atom. The number of hydrogen-bond acceptors (Lipinski definition) is 4. The van der Waals surface area contributed by atoms with Crippen molar-refractivity contribution in [2.45, 2.75) is 51.0 Å². The van der Waals surface area contributed by atoms with E-state index in [2.05, 4.69) is 26.0 Å². The molecule has 2 N–H and O–H groups in total. The smallest absolute Gasteiger partial charge is 0.242 e. The Balaban J connectivity index is 1.82. The molecule has 0 spiro atoms. The number of rotatable bonds is 8. The molecule has 0 bridgehead atoms. The molecular formula is C23H28BrN3O4S. The van der Waals surface area contributed by atoms with Gasteiger partial charge < -0.3 is 10.2 Å². The van der Waals surface area contributed by atoms with Crippen LogP contribution in [0, 0.1) is 5.92 Å². The van der Waals surface area contributed by atoms with Gasteiger partial charge in [0.15, 0.2) is 0 Å². The lowest BCUT2D eigenvalue weighted by Gasteiger charge is -2.21. The maximum atomic E-state index is 13.1. The number of carbonyl (C=O) groups excluding carboxylic acids is 2. The number of benzene rings is 2. The molecule has 2 aromatic carbocycles. The van der Waals surface area contributed by atoms with Crippen LogP contribution in [0.2, 0.25) is 0 Å². The summed E-state index contributed by atoms with van der Waals surface area (Å²) in [6, 6.07) is 11.0. The second-order valence-electron chi connectivity index (χ2n) is 8.21. The van der Waals surface area contributed by atoms with E-state index in [9.17, 15) is 18.0 Å². The van der Waals surface area contributed by atoms with Gasteiger partial charge in [-0.1, -0.05) is 32.9 Å². The van der Waals surface area contributed by atoms with Crippen LogP contribution in [0.15, 0.2) is 51.8 Å². The molecule has 3 rings (SSSR count). The van der Waals surface area contributed by atoms with Crippen molar-refractivity contribution in [3.05, 3.63) is 52.5 Å². The van der Waals surface area contributed by atoms with Crippen molar-refractivity contribution in [2.24, 2.45) is 5.92 Å². The summed E-state index contributed by atoms with van der Waals surface area (Å²) in [6.45, 7) is 6.21. The van der Waals surface area contributed by atoms with Gasteiger partial charge in [0, 0.05) is 23.1 Å². The van der Waals surface area contributed by atoms with Crippen LogP contribution in [0.4, 0.5) is 11.4 Å². The first-order chi connectivity index (χ1) is 15.1. The number of para-hydroxylation sites is 1. The van der Waals surface area contributed by atoms with Gasteiger partial charge in [0.25, 0.3) is 0 Å². The minimum absolute atomic E-state index is 0.0122. The number of anilines is 2. The summed E-state index contributed by atoms with van der Waals surface area (Å²) < 4.78 is 29.6. The largest absolute Gasteiger partial charge is 0.324 e. The first-order valence-electron chi connectivity index (χ1n) is 10.6. The fourth-order valence-electron chi connectivity index (χ4n) is 3.71. The Bertz CT molecular complexity index is 1120. The molecule has 0 saturated heterocycles. The van der Waals surface area contributed by atoms with E-state index in [4.69, 9.17) is 0 Å². The lowest BCUT2D eigenvalue weighted by molar-refractivity contribution is -0.118. The van der Waals surface area contributed by atoms with Crippen molar-refractivity contribution in [1.82, 2.24) is 4.72 Å². The van der Waals surface area contributed by atoms with Crippen molar-refractivity contribution in [1.29, 1.82) is 0 Å². The Morgan fingerprint density at radius 2 is 1.88 bits per heavy atom. The number of nitrogens with zero attached hydrogens (tertiary/aromatic N) is 1. The zero-order valence-corrected chi connectivity index (χ0v) is 20.8. The Hall–Kier alpha value is -2.23. The quantitative estimate of drug-likeness (QED) is 0.546. The molecule has 0 aliphatic carbocycles. The third kappa shape index (κ3) is 5.57. The van der Waals surface area contributed by atoms with E-state index in [0.717, 1.165) is 11.3 Å². The number of hydrogen-bond donors (Lipinski definition) is 2. The predicted octanol–water partition coefficient (Wildman–Crippen LogP) is 4.08. The zero-order valence-electron chi connectivity index (χ0n) is 18.4. The number of halogens is 1. The van der Waals surface area contributed by atoms with E-state index < -0.39 is 22.0 Å². The third-order valence-corrected chi connectivity index (χ3v) is 7.47. The lowest BCUT2D eigenvalue weighted by Crippen LogP contribution is -2.44. The Kier molecular flexibility index (Phi) is 7.74. The van der Waals surface area contributed by atoms with Gasteiger partial charge >= 0.3 is 0 Å². The molecule has 9 heteroatoms. The van der Waals surface area contributed by atoms with Gasteiger partial charge in [-0.25, -0.2) is 8.42 Å². The van der Waals surface area contributed by atoms with E-state index >= 15 is 0 Å². The SMILES string of the molecule is CCC(=O)N1CCc2cc(S(=O)(=O)N[C@@H](CC(C)C)C(=O)Nc3ccccc3Br)ccc21. The highest BCUT2D eigenvalue weighted by Crippen LogP contribution is 2.31. The van der Waals surface area contributed by atoms with Crippen LogP contribution in [-0.4, -0.2) is 32.8 Å². The minimum Gasteiger partial charge on any atom is -0.324 e. The molecule has 0 radical (unpaired) electrons. The van der Waals surface area contributed by atoms with Crippen molar-refractivity contribution in [3.8, 4) is 0 Å². The van der Waals surface area contributed by atoms with Crippen LogP contribution < -0.4 is 14.9 Å². The zero-order chi connectivity index (χ0) is 23.5. The summed E-state index contributed by atoms with van der Waals surface area (Å²) in [5.41, 5.74) is 2.14. The molecule has 2 aromatic rings. The highest BCUT2D eigenvalue weighted by Gasteiger charge is 2.29. The van der Waals surface area contributed by atoms with Crippen LogP contribution in [0.1, 0.15) is 39.2 Å². The lowest BCUT2D eigenvalue weighted by atomic mass is 10.0. The van der Waals surface area contributed by atoms with Gasteiger partial charge in [0.05, 0.1) is 10.6 Å². The molecular weight excluding hydrogens is 494 g/mol. The minimum atomic E-state index is -3.94. The van der Waals surface area contributed by atoms with Crippen LogP contribution in [0.3, 0.4) is 0 Å². The summed E-state index contributed by atoms with van der Waals surface area (Å²) in [7, 11) is -3.94. The highest BCUT2D eigenvalue weighted by molar-refractivity contribution is 9.10. The molecule has 1 aliphatic heterocycles. The van der Waals surface area contributed by atoms with Gasteiger partial charge in [0.2, 0.25) is 21.8 Å². The number of fused-ring (bicyclic) bond motifs is 1. The second-order valence-corrected chi connectivity index (χ2v) is 10.8. The van der Waals surface area contributed by atoms with E-state index in [1.165, 1.54) is 6.07 Å². The van der Waals surface area contributed by atoms with Crippen molar-refractivity contribution in [2.75, 3.05) is 16.8 Å². The molecule has 0 fully saturated rings. The standard InChI is InChI=1S/C23H28BrN3O4S/c1-4-22(28)27-12-11-16-14-17(9-10-21(16)27)32(30,31)26-20(13-15(2)3)23(29)25-19-8-6-5-7-18(19)24/h5-10,14-15,20,26H,4,11-13H2,1-3H3,(H,25,29)/t20-/m0/s1. The van der Waals surface area contributed by atoms with Crippen molar-refractivity contribution >= 4 is 49.1 Å². The topological polar surface area (TPSA) is 95.6 Å². The van der Waals surface area contributed by atoms with E-state index in [-0.39, 0.29) is 16.7 Å². The number of nitrogens with one attached hydrogen (secondary N) is 2. The molecule has 0 aromatic heterocycles. The second kappa shape index (κ2) is 10.1. The highest BCUT2D eigenvalue weighted by atomic mass is 79.9. The molecule has 32 heavy (non-hydrogen) atoms. The predicted molar refractivity (Wildman–Crippen MR) is 129 cm³/mol. The summed E-state index contributed by atoms with van der Waals surface area (Å²) in [4.78, 5) is 26.8. The van der Waals surface area contributed by atoms with E-state index in [0.29, 0.717) is 36.0 Å². The van der Waals surface area contributed by atoms with Gasteiger partial charge in [0.1, 0.15) is 6.04 Å². The van der Waals surface area contributed by atoms with Gasteiger partial charge in [-0.15, -0.1) is 0 Å². The number of carbonyl (C=O) groups is 2. The summed E-state index contributed by atoms with van der Waals surface area (Å²) in [6.07, 6.45) is 1.34. The summed E-state index contributed by atoms with van der Waals surface area (Å²) in [5.74, 6) is -0.311. The molecule has 7 nitrogen and oxygen atoms in total. The molecule has 0 saturated carbocycles. The average Bonchev–Trinajstić information content (AvgIpc) is 3.17. The van der Waals surface area contributed by atoms with Gasteiger partial charge in [-0.3, -0.25) is 9.59 Å². The molecule has 1 heterocycles. The van der Waals surface area contributed by atoms with Crippen LogP contribution in [0.25, 0.3) is 0 Å². The number of sulfonamides is 1. The molecule has 1 aliphatic rings. The van der Waals surface area contributed by atoms with Crippen LogP contribution in [0.5, 0.6) is 0 Å². The Morgan fingerprint density at radius 3 is 2.53 bits per heavy atom. The van der Waals surface area contributed by atoms with Crippen LogP contribution >= 0.6 is 15.9 Å². The fraction of sp³-hybridized carbons (Fsp3) is 0.391. The average molecular weight is 522 g/mol. The third-order valence-electron chi connectivity index (χ3n) is 5.31. The normalized spacial score (nSPS) is 14.3. The van der Waals surface area contributed by atoms with Gasteiger partial charge in [-0.05, 0) is 70.6 Å². The number of amides is 2. The van der Waals surface area contributed by atoms with Crippen molar-refractivity contribution in [3.63, 3.8) is 0 Å². The van der Waals surface area contributed by atoms with E-state index in [1.807, 2.05) is 19.9 Å². The van der Waals surface area contributed by atoms with Crippen molar-refractivity contribution < 1.29 is 18.0 Å². The van der Waals surface area contributed by atoms with Gasteiger partial charge in [-0.2, -0.15) is 4.72 Å². The monoisotopic (exact) mass is 521 g/mol. The summed E-state index contributed by atoms with van der Waals surface area (Å²) in [5, 5.41) is 2.80.